The third kappa shape index (κ3) is 5.97. The van der Waals surface area contributed by atoms with Crippen molar-refractivity contribution in [2.75, 3.05) is 16.7 Å². The minimum atomic E-state index is -0.144. The Labute approximate surface area is 228 Å². The summed E-state index contributed by atoms with van der Waals surface area (Å²) in [4.78, 5) is 5.03. The molecule has 4 aromatic rings. The number of anilines is 1. The van der Waals surface area contributed by atoms with Crippen LogP contribution in [-0.4, -0.2) is 32.6 Å². The van der Waals surface area contributed by atoms with Crippen molar-refractivity contribution in [3.8, 4) is 16.4 Å². The van der Waals surface area contributed by atoms with E-state index in [0.29, 0.717) is 10.0 Å². The number of aryl methyl sites for hydroxylation is 1. The molecule has 1 unspecified atom stereocenters. The van der Waals surface area contributed by atoms with E-state index in [1.54, 1.807) is 11.3 Å². The lowest BCUT2D eigenvalue weighted by Crippen LogP contribution is -2.00. The van der Waals surface area contributed by atoms with E-state index < -0.39 is 0 Å². The molecule has 0 radical (unpaired) electrons. The maximum atomic E-state index is 6.33. The summed E-state index contributed by atoms with van der Waals surface area (Å²) in [5, 5.41) is 6.83. The summed E-state index contributed by atoms with van der Waals surface area (Å²) < 4.78 is 6.63. The summed E-state index contributed by atoms with van der Waals surface area (Å²) >= 11 is 16.0. The molecule has 0 saturated heterocycles. The van der Waals surface area contributed by atoms with Crippen molar-refractivity contribution < 1.29 is 0 Å². The highest BCUT2D eigenvalue weighted by atomic mass is 35.5. The quantitative estimate of drug-likeness (QED) is 0.163. The highest BCUT2D eigenvalue weighted by Gasteiger charge is 2.20. The third-order valence-corrected chi connectivity index (χ3v) is 9.31. The van der Waals surface area contributed by atoms with E-state index in [9.17, 15) is 0 Å². The van der Waals surface area contributed by atoms with Crippen molar-refractivity contribution >= 4 is 68.5 Å². The number of para-hydroxylation sites is 1. The van der Waals surface area contributed by atoms with Gasteiger partial charge in [0.15, 0.2) is 0 Å². The summed E-state index contributed by atoms with van der Waals surface area (Å²) in [6.07, 6.45) is 3.95. The average molecular weight is 564 g/mol. The molecule has 1 atom stereocenters. The number of hydrogen-bond acceptors (Lipinski definition) is 5. The zero-order valence-electron chi connectivity index (χ0n) is 20.2. The molecule has 2 aromatic heterocycles. The van der Waals surface area contributed by atoms with Gasteiger partial charge in [0.05, 0.1) is 25.6 Å². The van der Waals surface area contributed by atoms with E-state index in [-0.39, 0.29) is 10.7 Å². The van der Waals surface area contributed by atoms with Gasteiger partial charge in [0.1, 0.15) is 0 Å². The normalized spacial score (nSPS) is 12.2. The van der Waals surface area contributed by atoms with Gasteiger partial charge in [-0.1, -0.05) is 71.6 Å². The second-order valence-electron chi connectivity index (χ2n) is 8.24. The first-order valence-electron chi connectivity index (χ1n) is 11.2. The fourth-order valence-electron chi connectivity index (χ4n) is 3.77. The van der Waals surface area contributed by atoms with E-state index in [2.05, 4.69) is 61.9 Å². The van der Waals surface area contributed by atoms with Crippen LogP contribution in [0.5, 0.6) is 0 Å². The maximum Gasteiger partial charge on any atom is 0.212 e. The Kier molecular flexibility index (Phi) is 8.66. The largest absolute Gasteiger partial charge is 0.336 e. The van der Waals surface area contributed by atoms with Gasteiger partial charge in [0, 0.05) is 28.9 Å². The molecular formula is C26H28Cl2N4S3. The fourth-order valence-corrected chi connectivity index (χ4v) is 6.87. The van der Waals surface area contributed by atoms with Crippen LogP contribution < -0.4 is 4.72 Å². The van der Waals surface area contributed by atoms with Crippen LogP contribution in [-0.2, 0) is 6.42 Å². The van der Waals surface area contributed by atoms with Gasteiger partial charge < -0.3 is 4.72 Å². The Bertz CT molecular complexity index is 1380. The summed E-state index contributed by atoms with van der Waals surface area (Å²) in [6, 6.07) is 14.1. The molecule has 2 heterocycles. The van der Waals surface area contributed by atoms with Crippen LogP contribution in [0.25, 0.3) is 16.4 Å². The van der Waals surface area contributed by atoms with Crippen LogP contribution in [0.1, 0.15) is 35.9 Å². The Hall–Kier alpha value is -1.77. The van der Waals surface area contributed by atoms with Crippen molar-refractivity contribution in [3.63, 3.8) is 0 Å². The number of halogens is 2. The molecule has 0 aliphatic carbocycles. The minimum absolute atomic E-state index is 0.144. The molecule has 0 spiro atoms. The number of thiazole rings is 1. The third-order valence-electron chi connectivity index (χ3n) is 5.51. The highest BCUT2D eigenvalue weighted by Crippen LogP contribution is 2.40. The second kappa shape index (κ2) is 11.5. The van der Waals surface area contributed by atoms with Gasteiger partial charge in [-0.25, -0.2) is 9.67 Å². The van der Waals surface area contributed by atoms with E-state index in [0.717, 1.165) is 56.3 Å². The Balaban J connectivity index is 1.74. The molecule has 35 heavy (non-hydrogen) atoms. The van der Waals surface area contributed by atoms with Crippen molar-refractivity contribution in [2.24, 2.45) is 0 Å². The molecule has 0 fully saturated rings. The van der Waals surface area contributed by atoms with Gasteiger partial charge in [0.2, 0.25) is 5.13 Å². The van der Waals surface area contributed by atoms with Gasteiger partial charge in [-0.05, 0) is 56.0 Å². The Morgan fingerprint density at radius 2 is 1.91 bits per heavy atom. The Morgan fingerprint density at radius 1 is 1.14 bits per heavy atom. The molecule has 0 bridgehead atoms. The maximum absolute atomic E-state index is 6.33. The van der Waals surface area contributed by atoms with Crippen LogP contribution in [0.3, 0.4) is 0 Å². The lowest BCUT2D eigenvalue weighted by molar-refractivity contribution is 0.825. The van der Waals surface area contributed by atoms with Gasteiger partial charge in [-0.2, -0.15) is 5.10 Å². The highest BCUT2D eigenvalue weighted by molar-refractivity contribution is 8.14. The monoisotopic (exact) mass is 562 g/mol. The van der Waals surface area contributed by atoms with E-state index in [1.807, 2.05) is 34.6 Å². The number of rotatable bonds is 9. The SMILES string of the molecule is C=S(C)Nc1ccccc1Cc1c(C)nn(-c2nc(-c3ccc(Cl)c(Cl)c3)c(SCCC)s2)c1C. The van der Waals surface area contributed by atoms with Gasteiger partial charge in [-0.3, -0.25) is 0 Å². The van der Waals surface area contributed by atoms with Gasteiger partial charge >= 0.3 is 0 Å². The van der Waals surface area contributed by atoms with Crippen molar-refractivity contribution in [1.82, 2.24) is 14.8 Å². The van der Waals surface area contributed by atoms with Crippen molar-refractivity contribution in [3.05, 3.63) is 75.0 Å². The first-order chi connectivity index (χ1) is 16.8. The lowest BCUT2D eigenvalue weighted by Gasteiger charge is -2.12. The molecule has 4 rings (SSSR count). The molecule has 9 heteroatoms. The van der Waals surface area contributed by atoms with Crippen LogP contribution in [0.15, 0.2) is 46.7 Å². The number of thioether (sulfide) groups is 1. The molecule has 0 amide bonds. The lowest BCUT2D eigenvalue weighted by atomic mass is 10.0. The molecule has 0 saturated carbocycles. The molecule has 0 aliphatic heterocycles. The number of nitrogens with zero attached hydrogens (tertiary/aromatic N) is 3. The molecule has 2 aromatic carbocycles. The zero-order chi connectivity index (χ0) is 25.1. The number of hydrogen-bond donors (Lipinski definition) is 1. The van der Waals surface area contributed by atoms with E-state index >= 15 is 0 Å². The van der Waals surface area contributed by atoms with Crippen LogP contribution in [0.2, 0.25) is 10.0 Å². The van der Waals surface area contributed by atoms with Crippen molar-refractivity contribution in [1.29, 1.82) is 0 Å². The summed E-state index contributed by atoms with van der Waals surface area (Å²) in [5.41, 5.74) is 7.57. The predicted molar refractivity (Wildman–Crippen MR) is 159 cm³/mol. The van der Waals surface area contributed by atoms with Crippen molar-refractivity contribution in [2.45, 2.75) is 37.8 Å². The minimum Gasteiger partial charge on any atom is -0.336 e. The van der Waals surface area contributed by atoms with Gasteiger partial charge in [-0.15, -0.1) is 22.4 Å². The first-order valence-corrected chi connectivity index (χ1v) is 15.6. The fraction of sp³-hybridized carbons (Fsp3) is 0.269. The van der Waals surface area contributed by atoms with E-state index in [1.165, 1.54) is 11.1 Å². The van der Waals surface area contributed by atoms with Gasteiger partial charge in [0.25, 0.3) is 0 Å². The molecule has 4 nitrogen and oxygen atoms in total. The van der Waals surface area contributed by atoms with Crippen LogP contribution >= 0.6 is 57.0 Å². The van der Waals surface area contributed by atoms with Crippen LogP contribution in [0, 0.1) is 13.8 Å². The smallest absolute Gasteiger partial charge is 0.212 e. The molecular weight excluding hydrogens is 535 g/mol. The van der Waals surface area contributed by atoms with Crippen LogP contribution in [0.4, 0.5) is 5.69 Å². The molecule has 0 aliphatic rings. The standard InChI is InChI=1S/C26H28Cl2N4S3/c1-6-13-33-25-24(19-11-12-21(27)22(28)15-19)29-26(34-25)32-17(3)20(16(2)30-32)14-18-9-7-8-10-23(18)31-35(4)5/h7-12,15,31H,4,6,13-14H2,1-3,5H3. The summed E-state index contributed by atoms with van der Waals surface area (Å²) in [7, 11) is -0.144. The second-order valence-corrected chi connectivity index (χ2v) is 12.9. The number of nitrogens with one attached hydrogen (secondary N) is 1. The summed E-state index contributed by atoms with van der Waals surface area (Å²) in [6.45, 7) is 6.38. The Morgan fingerprint density at radius 3 is 2.63 bits per heavy atom. The van der Waals surface area contributed by atoms with E-state index in [4.69, 9.17) is 33.3 Å². The summed E-state index contributed by atoms with van der Waals surface area (Å²) in [5.74, 6) is 5.12. The predicted octanol–water partition coefficient (Wildman–Crippen LogP) is 8.67. The molecule has 1 N–H and O–H groups in total. The number of benzene rings is 2. The zero-order valence-corrected chi connectivity index (χ0v) is 24.2. The molecule has 184 valence electrons. The first kappa shape index (κ1) is 26.3. The average Bonchev–Trinajstić information content (AvgIpc) is 3.36. The number of aromatic nitrogens is 3. The topological polar surface area (TPSA) is 42.7 Å².